The number of carbonyl (C=O) groups is 3. The van der Waals surface area contributed by atoms with Crippen molar-refractivity contribution < 1.29 is 29.0 Å². The average molecular weight is 384 g/mol. The van der Waals surface area contributed by atoms with Crippen molar-refractivity contribution in [2.75, 3.05) is 23.8 Å². The van der Waals surface area contributed by atoms with Gasteiger partial charge in [-0.15, -0.1) is 0 Å². The molecule has 0 atom stereocenters. The molecule has 28 heavy (non-hydrogen) atoms. The van der Waals surface area contributed by atoms with Crippen LogP contribution in [0.15, 0.2) is 48.5 Å². The van der Waals surface area contributed by atoms with Gasteiger partial charge in [-0.05, 0) is 49.2 Å². The number of hydrogen-bond donors (Lipinski definition) is 3. The van der Waals surface area contributed by atoms with Crippen molar-refractivity contribution in [1.29, 1.82) is 0 Å². The maximum Gasteiger partial charge on any atom is 0.341 e. The first-order valence-corrected chi connectivity index (χ1v) is 8.78. The number of ether oxygens (including phenoxy) is 2. The zero-order valence-corrected chi connectivity index (χ0v) is 15.0. The van der Waals surface area contributed by atoms with Crippen LogP contribution in [0.4, 0.5) is 11.4 Å². The first-order chi connectivity index (χ1) is 13.5. The molecule has 0 bridgehead atoms. The number of aliphatic carboxylic acids is 1. The Balaban J connectivity index is 1.46. The summed E-state index contributed by atoms with van der Waals surface area (Å²) in [5, 5.41) is 14.1. The van der Waals surface area contributed by atoms with Crippen molar-refractivity contribution in [2.24, 2.45) is 5.92 Å². The molecule has 0 aliphatic heterocycles. The van der Waals surface area contributed by atoms with Gasteiger partial charge in [0.1, 0.15) is 11.5 Å². The normalized spacial score (nSPS) is 12.7. The van der Waals surface area contributed by atoms with E-state index >= 15 is 0 Å². The second-order valence-electron chi connectivity index (χ2n) is 6.33. The van der Waals surface area contributed by atoms with Crippen LogP contribution in [0, 0.1) is 5.92 Å². The summed E-state index contributed by atoms with van der Waals surface area (Å²) in [5.41, 5.74) is 1.16. The molecule has 146 valence electrons. The fourth-order valence-electron chi connectivity index (χ4n) is 2.38. The van der Waals surface area contributed by atoms with E-state index in [0.29, 0.717) is 22.9 Å². The molecule has 1 fully saturated rings. The van der Waals surface area contributed by atoms with Gasteiger partial charge in [-0.1, -0.05) is 6.07 Å². The summed E-state index contributed by atoms with van der Waals surface area (Å²) in [6, 6.07) is 13.2. The van der Waals surface area contributed by atoms with E-state index in [9.17, 15) is 14.4 Å². The van der Waals surface area contributed by atoms with E-state index in [-0.39, 0.29) is 24.3 Å². The Morgan fingerprint density at radius 1 is 0.893 bits per heavy atom. The van der Waals surface area contributed by atoms with Gasteiger partial charge in [0.15, 0.2) is 13.2 Å². The molecule has 0 heterocycles. The zero-order chi connectivity index (χ0) is 19.9. The van der Waals surface area contributed by atoms with Gasteiger partial charge in [0, 0.05) is 23.4 Å². The monoisotopic (exact) mass is 384 g/mol. The van der Waals surface area contributed by atoms with Gasteiger partial charge in [0.05, 0.1) is 0 Å². The van der Waals surface area contributed by atoms with E-state index in [0.717, 1.165) is 12.8 Å². The molecule has 2 aromatic rings. The molecule has 0 radical (unpaired) electrons. The molecule has 0 aromatic heterocycles. The maximum absolute atomic E-state index is 12.0. The molecule has 1 aliphatic carbocycles. The molecular weight excluding hydrogens is 364 g/mol. The highest BCUT2D eigenvalue weighted by molar-refractivity contribution is 5.94. The highest BCUT2D eigenvalue weighted by atomic mass is 16.5. The van der Waals surface area contributed by atoms with E-state index in [1.807, 2.05) is 0 Å². The van der Waals surface area contributed by atoms with Gasteiger partial charge in [0.2, 0.25) is 5.91 Å². The lowest BCUT2D eigenvalue weighted by molar-refractivity contribution is -0.139. The van der Waals surface area contributed by atoms with Crippen molar-refractivity contribution in [3.8, 4) is 11.5 Å². The molecule has 2 aromatic carbocycles. The van der Waals surface area contributed by atoms with Crippen LogP contribution in [0.25, 0.3) is 0 Å². The number of anilines is 2. The number of rotatable bonds is 9. The van der Waals surface area contributed by atoms with Crippen LogP contribution < -0.4 is 20.1 Å². The standard InChI is InChI=1S/C20H20N2O6/c23-18(21-14-6-8-16(9-7-14)28-12-19(24)25)11-27-17-3-1-2-15(10-17)22-20(26)13-4-5-13/h1-3,6-10,13H,4-5,11-12H2,(H,21,23)(H,22,26)(H,24,25). The van der Waals surface area contributed by atoms with E-state index in [2.05, 4.69) is 10.6 Å². The lowest BCUT2D eigenvalue weighted by Gasteiger charge is -2.10. The quantitative estimate of drug-likeness (QED) is 0.612. The molecule has 0 spiro atoms. The predicted octanol–water partition coefficient (Wildman–Crippen LogP) is 2.52. The molecule has 3 rings (SSSR count). The van der Waals surface area contributed by atoms with E-state index < -0.39 is 12.6 Å². The number of hydrogen-bond acceptors (Lipinski definition) is 5. The summed E-state index contributed by atoms with van der Waals surface area (Å²) in [4.78, 5) is 34.3. The summed E-state index contributed by atoms with van der Waals surface area (Å²) >= 11 is 0. The Morgan fingerprint density at radius 2 is 1.61 bits per heavy atom. The highest BCUT2D eigenvalue weighted by Gasteiger charge is 2.29. The molecule has 2 amide bonds. The fourth-order valence-corrected chi connectivity index (χ4v) is 2.38. The van der Waals surface area contributed by atoms with Crippen LogP contribution in [0.5, 0.6) is 11.5 Å². The van der Waals surface area contributed by atoms with Gasteiger partial charge in [-0.25, -0.2) is 4.79 Å². The third kappa shape index (κ3) is 6.01. The fraction of sp³-hybridized carbons (Fsp3) is 0.250. The Bertz CT molecular complexity index is 861. The Morgan fingerprint density at radius 3 is 2.29 bits per heavy atom. The molecular formula is C20H20N2O6. The summed E-state index contributed by atoms with van der Waals surface area (Å²) in [7, 11) is 0. The smallest absolute Gasteiger partial charge is 0.341 e. The van der Waals surface area contributed by atoms with Gasteiger partial charge in [-0.2, -0.15) is 0 Å². The predicted molar refractivity (Wildman–Crippen MR) is 101 cm³/mol. The Hall–Kier alpha value is -3.55. The molecule has 1 saturated carbocycles. The number of carboxylic acid groups (broad SMARTS) is 1. The van der Waals surface area contributed by atoms with Crippen molar-refractivity contribution in [2.45, 2.75) is 12.8 Å². The minimum Gasteiger partial charge on any atom is -0.484 e. The van der Waals surface area contributed by atoms with Gasteiger partial charge < -0.3 is 25.2 Å². The number of carboxylic acids is 1. The first-order valence-electron chi connectivity index (χ1n) is 8.78. The van der Waals surface area contributed by atoms with Crippen molar-refractivity contribution in [1.82, 2.24) is 0 Å². The van der Waals surface area contributed by atoms with Crippen LogP contribution in [-0.4, -0.2) is 36.1 Å². The Labute approximate surface area is 161 Å². The highest BCUT2D eigenvalue weighted by Crippen LogP contribution is 2.30. The summed E-state index contributed by atoms with van der Waals surface area (Å²) < 4.78 is 10.5. The average Bonchev–Trinajstić information content (AvgIpc) is 3.51. The minimum atomic E-state index is -1.06. The molecule has 1 aliphatic rings. The van der Waals surface area contributed by atoms with Crippen LogP contribution in [0.1, 0.15) is 12.8 Å². The van der Waals surface area contributed by atoms with Crippen molar-refractivity contribution >= 4 is 29.2 Å². The topological polar surface area (TPSA) is 114 Å². The zero-order valence-electron chi connectivity index (χ0n) is 15.0. The number of benzene rings is 2. The number of carbonyl (C=O) groups excluding carboxylic acids is 2. The van der Waals surface area contributed by atoms with Gasteiger partial charge >= 0.3 is 5.97 Å². The number of amides is 2. The molecule has 8 heteroatoms. The molecule has 0 saturated heterocycles. The largest absolute Gasteiger partial charge is 0.484 e. The molecule has 0 unspecified atom stereocenters. The molecule has 8 nitrogen and oxygen atoms in total. The van der Waals surface area contributed by atoms with Crippen LogP contribution in [0.3, 0.4) is 0 Å². The second-order valence-corrected chi connectivity index (χ2v) is 6.33. The summed E-state index contributed by atoms with van der Waals surface area (Å²) in [6.45, 7) is -0.628. The molecule has 3 N–H and O–H groups in total. The summed E-state index contributed by atoms with van der Waals surface area (Å²) in [6.07, 6.45) is 1.85. The summed E-state index contributed by atoms with van der Waals surface area (Å²) in [5.74, 6) is -0.442. The van der Waals surface area contributed by atoms with E-state index in [4.69, 9.17) is 14.6 Å². The second kappa shape index (κ2) is 8.90. The van der Waals surface area contributed by atoms with E-state index in [1.165, 1.54) is 0 Å². The third-order valence-electron chi connectivity index (χ3n) is 3.92. The van der Waals surface area contributed by atoms with Crippen LogP contribution in [-0.2, 0) is 14.4 Å². The van der Waals surface area contributed by atoms with Gasteiger partial charge in [-0.3, -0.25) is 9.59 Å². The van der Waals surface area contributed by atoms with Crippen molar-refractivity contribution in [3.05, 3.63) is 48.5 Å². The van der Waals surface area contributed by atoms with Crippen LogP contribution >= 0.6 is 0 Å². The third-order valence-corrected chi connectivity index (χ3v) is 3.92. The first kappa shape index (κ1) is 19.2. The number of nitrogens with one attached hydrogen (secondary N) is 2. The Kier molecular flexibility index (Phi) is 6.11. The lowest BCUT2D eigenvalue weighted by Crippen LogP contribution is -2.20. The van der Waals surface area contributed by atoms with Crippen LogP contribution in [0.2, 0.25) is 0 Å². The van der Waals surface area contributed by atoms with Crippen molar-refractivity contribution in [3.63, 3.8) is 0 Å². The van der Waals surface area contributed by atoms with Gasteiger partial charge in [0.25, 0.3) is 5.91 Å². The lowest BCUT2D eigenvalue weighted by atomic mass is 10.3. The maximum atomic E-state index is 12.0. The van der Waals surface area contributed by atoms with E-state index in [1.54, 1.807) is 48.5 Å². The minimum absolute atomic E-state index is 0.00525. The SMILES string of the molecule is O=C(O)COc1ccc(NC(=O)COc2cccc(NC(=O)C3CC3)c2)cc1.